The second-order valence-corrected chi connectivity index (χ2v) is 6.33. The van der Waals surface area contributed by atoms with Gasteiger partial charge in [-0.3, -0.25) is 15.6 Å². The van der Waals surface area contributed by atoms with Crippen molar-refractivity contribution in [3.8, 4) is 0 Å². The van der Waals surface area contributed by atoms with E-state index in [1.165, 1.54) is 5.06 Å². The van der Waals surface area contributed by atoms with Gasteiger partial charge in [0.15, 0.2) is 13.2 Å². The molecule has 2 heterocycles. The smallest absolute Gasteiger partial charge is 0.269 e. The Morgan fingerprint density at radius 3 is 2.29 bits per heavy atom. The van der Waals surface area contributed by atoms with Gasteiger partial charge < -0.3 is 0 Å². The van der Waals surface area contributed by atoms with E-state index in [9.17, 15) is 0 Å². The first-order valence-electron chi connectivity index (χ1n) is 6.37. The van der Waals surface area contributed by atoms with Crippen LogP contribution in [-0.2, 0) is 9.68 Å². The van der Waals surface area contributed by atoms with Gasteiger partial charge in [0.2, 0.25) is 11.6 Å². The van der Waals surface area contributed by atoms with Crippen molar-refractivity contribution in [1.82, 2.24) is 15.0 Å². The summed E-state index contributed by atoms with van der Waals surface area (Å²) < 4.78 is 1.60. The fraction of sp³-hybridized carbons (Fsp3) is 0.333. The van der Waals surface area contributed by atoms with Crippen LogP contribution >= 0.6 is 31.9 Å². The third kappa shape index (κ3) is 2.49. The van der Waals surface area contributed by atoms with E-state index < -0.39 is 0 Å². The first-order chi connectivity index (χ1) is 10.0. The van der Waals surface area contributed by atoms with Crippen molar-refractivity contribution in [2.75, 3.05) is 26.3 Å². The number of rotatable bonds is 1. The molecule has 2 aliphatic rings. The van der Waals surface area contributed by atoms with Crippen LogP contribution in [0.3, 0.4) is 0 Å². The van der Waals surface area contributed by atoms with E-state index in [1.54, 1.807) is 0 Å². The Morgan fingerprint density at radius 2 is 1.86 bits per heavy atom. The highest BCUT2D eigenvalue weighted by Crippen LogP contribution is 2.41. The molecule has 7 nitrogen and oxygen atoms in total. The number of quaternary nitrogens is 1. The molecule has 0 spiro atoms. The van der Waals surface area contributed by atoms with Gasteiger partial charge in [-0.05, 0) is 44.0 Å². The summed E-state index contributed by atoms with van der Waals surface area (Å²) in [7, 11) is 0. The molecular weight excluding hydrogens is 406 g/mol. The molecule has 0 aromatic heterocycles. The number of halogens is 2. The number of para-hydroxylation sites is 1. The summed E-state index contributed by atoms with van der Waals surface area (Å²) in [5.74, 6) is 0.122. The Labute approximate surface area is 138 Å². The summed E-state index contributed by atoms with van der Waals surface area (Å²) >= 11 is 7.01. The van der Waals surface area contributed by atoms with E-state index in [0.717, 1.165) is 14.6 Å². The van der Waals surface area contributed by atoms with Crippen molar-refractivity contribution >= 4 is 49.5 Å². The van der Waals surface area contributed by atoms with Gasteiger partial charge in [-0.1, -0.05) is 10.7 Å². The van der Waals surface area contributed by atoms with Crippen LogP contribution in [0.2, 0.25) is 0 Å². The molecule has 2 aliphatic heterocycles. The Morgan fingerprint density at radius 1 is 1.24 bits per heavy atom. The van der Waals surface area contributed by atoms with E-state index in [1.807, 2.05) is 18.2 Å². The molecule has 112 valence electrons. The van der Waals surface area contributed by atoms with Crippen LogP contribution in [0.5, 0.6) is 0 Å². The van der Waals surface area contributed by atoms with E-state index in [0.29, 0.717) is 26.3 Å². The van der Waals surface area contributed by atoms with Crippen LogP contribution in [0.1, 0.15) is 0 Å². The molecule has 0 bridgehead atoms. The second-order valence-electron chi connectivity index (χ2n) is 4.62. The maximum absolute atomic E-state index is 8.32. The number of benzene rings is 1. The second kappa shape index (κ2) is 5.65. The van der Waals surface area contributed by atoms with Gasteiger partial charge in [0, 0.05) is 0 Å². The zero-order chi connectivity index (χ0) is 15.0. The highest BCUT2D eigenvalue weighted by atomic mass is 79.9. The van der Waals surface area contributed by atoms with Crippen LogP contribution in [0.25, 0.3) is 0 Å². The summed E-state index contributed by atoms with van der Waals surface area (Å²) in [5, 5.41) is 20.4. The average Bonchev–Trinajstić information content (AvgIpc) is 2.28. The number of nitrogens with one attached hydrogen (secondary N) is 3. The molecule has 1 aromatic carbocycles. The Bertz CT molecular complexity index is 581. The minimum atomic E-state index is -0.0851. The molecule has 0 amide bonds. The lowest BCUT2D eigenvalue weighted by Gasteiger charge is -2.42. The zero-order valence-electron chi connectivity index (χ0n) is 11.0. The zero-order valence-corrected chi connectivity index (χ0v) is 14.2. The highest BCUT2D eigenvalue weighted by Gasteiger charge is 2.50. The molecular formula is C12H14Br2N5O2+. The fourth-order valence-electron chi connectivity index (χ4n) is 2.20. The van der Waals surface area contributed by atoms with Crippen molar-refractivity contribution in [3.63, 3.8) is 0 Å². The normalized spacial score (nSPS) is 24.0. The SMILES string of the molecule is N=C(NC(=N)[N+]1(c2c(Br)cccc2Br)CCO1)N1CCO1. The maximum Gasteiger partial charge on any atom is 0.340 e. The van der Waals surface area contributed by atoms with Crippen LogP contribution in [-0.4, -0.2) is 43.3 Å². The molecule has 1 unspecified atom stereocenters. The van der Waals surface area contributed by atoms with Crippen molar-refractivity contribution in [1.29, 1.82) is 10.8 Å². The van der Waals surface area contributed by atoms with Crippen LogP contribution < -0.4 is 9.96 Å². The number of hydrogen-bond acceptors (Lipinski definition) is 4. The molecule has 9 heteroatoms. The summed E-state index contributed by atoms with van der Waals surface area (Å²) in [6.07, 6.45) is 0. The molecule has 1 aromatic rings. The molecule has 2 saturated heterocycles. The maximum atomic E-state index is 8.32. The molecule has 3 N–H and O–H groups in total. The van der Waals surface area contributed by atoms with Crippen molar-refractivity contribution < 1.29 is 9.68 Å². The molecule has 0 saturated carbocycles. The summed E-state index contributed by atoms with van der Waals surface area (Å²) in [5.41, 5.74) is 0.804. The lowest BCUT2D eigenvalue weighted by atomic mass is 10.2. The van der Waals surface area contributed by atoms with Crippen molar-refractivity contribution in [3.05, 3.63) is 27.1 Å². The number of nitrogens with zero attached hydrogens (tertiary/aromatic N) is 2. The van der Waals surface area contributed by atoms with Gasteiger partial charge in [-0.25, -0.2) is 10.5 Å². The van der Waals surface area contributed by atoms with Gasteiger partial charge in [0.05, 0.1) is 22.1 Å². The predicted molar refractivity (Wildman–Crippen MR) is 85.7 cm³/mol. The predicted octanol–water partition coefficient (Wildman–Crippen LogP) is 2.17. The van der Waals surface area contributed by atoms with Gasteiger partial charge in [0.1, 0.15) is 0 Å². The molecule has 0 aliphatic carbocycles. The lowest BCUT2D eigenvalue weighted by molar-refractivity contribution is -0.196. The Balaban J connectivity index is 1.86. The van der Waals surface area contributed by atoms with E-state index in [4.69, 9.17) is 20.5 Å². The topological polar surface area (TPSA) is 81.4 Å². The summed E-state index contributed by atoms with van der Waals surface area (Å²) in [6, 6.07) is 5.71. The van der Waals surface area contributed by atoms with Crippen LogP contribution in [0, 0.1) is 10.8 Å². The average molecular weight is 420 g/mol. The number of guanidine groups is 2. The van der Waals surface area contributed by atoms with Crippen molar-refractivity contribution in [2.45, 2.75) is 0 Å². The molecule has 3 rings (SSSR count). The van der Waals surface area contributed by atoms with Gasteiger partial charge >= 0.3 is 5.96 Å². The number of hydroxylamine groups is 4. The minimum absolute atomic E-state index is 0.0439. The molecule has 0 radical (unpaired) electrons. The Hall–Kier alpha value is -1.00. The van der Waals surface area contributed by atoms with Gasteiger partial charge in [-0.2, -0.15) is 4.84 Å². The van der Waals surface area contributed by atoms with Gasteiger partial charge in [0.25, 0.3) is 0 Å². The monoisotopic (exact) mass is 418 g/mol. The first kappa shape index (κ1) is 14.9. The third-order valence-corrected chi connectivity index (χ3v) is 4.69. The van der Waals surface area contributed by atoms with Crippen LogP contribution in [0.15, 0.2) is 27.1 Å². The fourth-order valence-corrected chi connectivity index (χ4v) is 3.77. The first-order valence-corrected chi connectivity index (χ1v) is 7.95. The Kier molecular flexibility index (Phi) is 4.02. The molecule has 1 atom stereocenters. The van der Waals surface area contributed by atoms with Crippen molar-refractivity contribution in [2.24, 2.45) is 0 Å². The molecule has 21 heavy (non-hydrogen) atoms. The number of hydrogen-bond donors (Lipinski definition) is 3. The summed E-state index contributed by atoms with van der Waals surface area (Å²) in [4.78, 5) is 10.8. The molecule has 2 fully saturated rings. The van der Waals surface area contributed by atoms with E-state index in [2.05, 4.69) is 37.2 Å². The van der Waals surface area contributed by atoms with E-state index >= 15 is 0 Å². The third-order valence-electron chi connectivity index (χ3n) is 3.41. The highest BCUT2D eigenvalue weighted by molar-refractivity contribution is 9.11. The summed E-state index contributed by atoms with van der Waals surface area (Å²) in [6.45, 7) is 2.44. The standard InChI is InChI=1S/C12H14Br2N5O2/c13-8-2-1-3-9(14)10(8)19(5-7-21-19)12(16)17-11(15)18-4-6-20-18/h1-3H,4-7H2,(H3,15,16,17)/q+1. The van der Waals surface area contributed by atoms with E-state index in [-0.39, 0.29) is 16.6 Å². The lowest BCUT2D eigenvalue weighted by Crippen LogP contribution is -2.69. The van der Waals surface area contributed by atoms with Gasteiger partial charge in [-0.15, -0.1) is 0 Å². The quantitative estimate of drug-likeness (QED) is 0.370. The van der Waals surface area contributed by atoms with Crippen LogP contribution in [0.4, 0.5) is 5.69 Å². The largest absolute Gasteiger partial charge is 0.340 e. The minimum Gasteiger partial charge on any atom is -0.269 e.